The lowest BCUT2D eigenvalue weighted by molar-refractivity contribution is 0.287. The van der Waals surface area contributed by atoms with Crippen LogP contribution in [0.15, 0.2) is 42.7 Å². The molecule has 0 bridgehead atoms. The molecule has 3 heterocycles. The molecule has 2 aromatic carbocycles. The largest absolute Gasteiger partial charge is 0.486 e. The Labute approximate surface area is 177 Å². The normalized spacial score (nSPS) is 13.5. The van der Waals surface area contributed by atoms with Crippen LogP contribution < -0.4 is 9.64 Å². The molecule has 0 amide bonds. The van der Waals surface area contributed by atoms with Crippen LogP contribution in [0.2, 0.25) is 0 Å². The fourth-order valence-corrected chi connectivity index (χ4v) is 3.95. The second kappa shape index (κ2) is 7.61. The molecule has 0 unspecified atom stereocenters. The topological polar surface area (TPSA) is 66.9 Å². The van der Waals surface area contributed by atoms with E-state index in [1.807, 2.05) is 36.9 Å². The fraction of sp³-hybridized carbons (Fsp3) is 0.261. The van der Waals surface area contributed by atoms with Gasteiger partial charge in [-0.25, -0.2) is 18.7 Å². The number of aromatic nitrogens is 4. The third-order valence-corrected chi connectivity index (χ3v) is 5.47. The predicted molar refractivity (Wildman–Crippen MR) is 114 cm³/mol. The first-order chi connectivity index (χ1) is 15.0. The molecule has 0 saturated carbocycles. The standard InChI is InChI=1S/C23H21F2N5O/c1-13(2)30-5-6-31-23-17(24)9-15(10-20(23)30)22-18(25)12-26-21(28-22)8-14-3-4-19-16(7-14)11-27-29-19/h3-4,7,9-13H,5-6,8H2,1-2H3,(H,27,29). The van der Waals surface area contributed by atoms with Crippen LogP contribution in [0.5, 0.6) is 5.75 Å². The molecule has 2 aromatic heterocycles. The summed E-state index contributed by atoms with van der Waals surface area (Å²) in [5, 5.41) is 7.91. The first-order valence-corrected chi connectivity index (χ1v) is 10.2. The van der Waals surface area contributed by atoms with Gasteiger partial charge in [0.15, 0.2) is 17.4 Å². The zero-order chi connectivity index (χ0) is 21.5. The molecule has 158 valence electrons. The maximum Gasteiger partial charge on any atom is 0.178 e. The molecule has 4 aromatic rings. The molecule has 0 saturated heterocycles. The Morgan fingerprint density at radius 3 is 2.84 bits per heavy atom. The quantitative estimate of drug-likeness (QED) is 0.526. The van der Waals surface area contributed by atoms with Crippen LogP contribution >= 0.6 is 0 Å². The number of hydrogen-bond acceptors (Lipinski definition) is 5. The number of aromatic amines is 1. The summed E-state index contributed by atoms with van der Waals surface area (Å²) in [6, 6.07) is 9.03. The van der Waals surface area contributed by atoms with Crippen LogP contribution in [-0.2, 0) is 6.42 Å². The summed E-state index contributed by atoms with van der Waals surface area (Å²) in [4.78, 5) is 10.6. The number of hydrogen-bond donors (Lipinski definition) is 1. The number of H-pyrrole nitrogens is 1. The Hall–Kier alpha value is -3.55. The van der Waals surface area contributed by atoms with Crippen LogP contribution in [0.3, 0.4) is 0 Å². The van der Waals surface area contributed by atoms with Crippen molar-refractivity contribution < 1.29 is 13.5 Å². The van der Waals surface area contributed by atoms with Crippen molar-refractivity contribution in [3.05, 3.63) is 65.7 Å². The second-order valence-electron chi connectivity index (χ2n) is 7.89. The number of anilines is 1. The first kappa shape index (κ1) is 19.4. The van der Waals surface area contributed by atoms with Gasteiger partial charge in [-0.2, -0.15) is 5.10 Å². The third-order valence-electron chi connectivity index (χ3n) is 5.47. The van der Waals surface area contributed by atoms with E-state index in [1.165, 1.54) is 6.07 Å². The van der Waals surface area contributed by atoms with Crippen molar-refractivity contribution in [3.63, 3.8) is 0 Å². The molecule has 1 aliphatic heterocycles. The van der Waals surface area contributed by atoms with E-state index in [9.17, 15) is 8.78 Å². The Kier molecular flexibility index (Phi) is 4.77. The van der Waals surface area contributed by atoms with E-state index in [0.29, 0.717) is 36.6 Å². The maximum atomic E-state index is 14.8. The summed E-state index contributed by atoms with van der Waals surface area (Å²) in [5.74, 6) is -0.467. The molecular weight excluding hydrogens is 400 g/mol. The summed E-state index contributed by atoms with van der Waals surface area (Å²) in [6.45, 7) is 5.11. The van der Waals surface area contributed by atoms with Crippen molar-refractivity contribution in [1.29, 1.82) is 0 Å². The number of fused-ring (bicyclic) bond motifs is 2. The highest BCUT2D eigenvalue weighted by Gasteiger charge is 2.25. The van der Waals surface area contributed by atoms with E-state index in [1.54, 1.807) is 12.3 Å². The van der Waals surface area contributed by atoms with Crippen molar-refractivity contribution in [2.24, 2.45) is 0 Å². The monoisotopic (exact) mass is 421 g/mol. The lowest BCUT2D eigenvalue weighted by atomic mass is 10.1. The van der Waals surface area contributed by atoms with Crippen molar-refractivity contribution in [2.45, 2.75) is 26.3 Å². The minimum Gasteiger partial charge on any atom is -0.486 e. The van der Waals surface area contributed by atoms with E-state index >= 15 is 0 Å². The van der Waals surface area contributed by atoms with Gasteiger partial charge < -0.3 is 9.64 Å². The molecule has 0 fully saturated rings. The van der Waals surface area contributed by atoms with Gasteiger partial charge in [-0.05, 0) is 43.7 Å². The Morgan fingerprint density at radius 1 is 1.13 bits per heavy atom. The summed E-state index contributed by atoms with van der Waals surface area (Å²) in [7, 11) is 0. The van der Waals surface area contributed by atoms with Gasteiger partial charge >= 0.3 is 0 Å². The highest BCUT2D eigenvalue weighted by Crippen LogP contribution is 2.39. The van der Waals surface area contributed by atoms with Crippen LogP contribution in [0.25, 0.3) is 22.2 Å². The molecule has 8 heteroatoms. The summed E-state index contributed by atoms with van der Waals surface area (Å²) in [5.41, 5.74) is 2.96. The summed E-state index contributed by atoms with van der Waals surface area (Å²) in [6.07, 6.45) is 3.30. The van der Waals surface area contributed by atoms with Gasteiger partial charge in [-0.1, -0.05) is 6.07 Å². The Bertz CT molecular complexity index is 1270. The first-order valence-electron chi connectivity index (χ1n) is 10.2. The number of benzene rings is 2. The molecular formula is C23H21F2N5O. The van der Waals surface area contributed by atoms with Gasteiger partial charge in [-0.3, -0.25) is 5.10 Å². The molecule has 5 rings (SSSR count). The molecule has 1 N–H and O–H groups in total. The maximum absolute atomic E-state index is 14.8. The predicted octanol–water partition coefficient (Wildman–Crippen LogP) is 4.50. The van der Waals surface area contributed by atoms with Gasteiger partial charge in [0.25, 0.3) is 0 Å². The van der Waals surface area contributed by atoms with Crippen molar-refractivity contribution in [3.8, 4) is 17.0 Å². The number of ether oxygens (including phenoxy) is 1. The smallest absolute Gasteiger partial charge is 0.178 e. The average Bonchev–Trinajstić information content (AvgIpc) is 3.22. The molecule has 1 aliphatic rings. The molecule has 0 aliphatic carbocycles. The van der Waals surface area contributed by atoms with Crippen molar-refractivity contribution >= 4 is 16.6 Å². The zero-order valence-corrected chi connectivity index (χ0v) is 17.2. The molecule has 31 heavy (non-hydrogen) atoms. The van der Waals surface area contributed by atoms with Crippen LogP contribution in [-0.4, -0.2) is 39.4 Å². The SMILES string of the molecule is CC(C)N1CCOc2c(F)cc(-c3nc(Cc4ccc5[nH]ncc5c4)ncc3F)cc21. The Morgan fingerprint density at radius 2 is 2.00 bits per heavy atom. The van der Waals surface area contributed by atoms with Crippen LogP contribution in [0.4, 0.5) is 14.5 Å². The van der Waals surface area contributed by atoms with Gasteiger partial charge in [-0.15, -0.1) is 0 Å². The molecule has 0 spiro atoms. The van der Waals surface area contributed by atoms with Gasteiger partial charge in [0.2, 0.25) is 0 Å². The third kappa shape index (κ3) is 3.58. The summed E-state index contributed by atoms with van der Waals surface area (Å²) < 4.78 is 35.0. The van der Waals surface area contributed by atoms with Gasteiger partial charge in [0.05, 0.1) is 30.1 Å². The van der Waals surface area contributed by atoms with Crippen molar-refractivity contribution in [2.75, 3.05) is 18.1 Å². The van der Waals surface area contributed by atoms with E-state index in [0.717, 1.165) is 22.7 Å². The van der Waals surface area contributed by atoms with Gasteiger partial charge in [0, 0.05) is 23.4 Å². The summed E-state index contributed by atoms with van der Waals surface area (Å²) >= 11 is 0. The van der Waals surface area contributed by atoms with Crippen molar-refractivity contribution in [1.82, 2.24) is 20.2 Å². The lowest BCUT2D eigenvalue weighted by Crippen LogP contribution is -2.38. The highest BCUT2D eigenvalue weighted by molar-refractivity contribution is 5.78. The average molecular weight is 421 g/mol. The number of nitrogens with one attached hydrogen (secondary N) is 1. The van der Waals surface area contributed by atoms with E-state index < -0.39 is 11.6 Å². The lowest BCUT2D eigenvalue weighted by Gasteiger charge is -2.34. The Balaban J connectivity index is 1.53. The number of rotatable bonds is 4. The van der Waals surface area contributed by atoms with Crippen LogP contribution in [0, 0.1) is 11.6 Å². The number of halogens is 2. The molecule has 0 radical (unpaired) electrons. The number of nitrogens with zero attached hydrogens (tertiary/aromatic N) is 4. The fourth-order valence-electron chi connectivity index (χ4n) is 3.95. The van der Waals surface area contributed by atoms with E-state index in [2.05, 4.69) is 20.2 Å². The van der Waals surface area contributed by atoms with Gasteiger partial charge in [0.1, 0.15) is 18.1 Å². The second-order valence-corrected chi connectivity index (χ2v) is 7.89. The van der Waals surface area contributed by atoms with E-state index in [4.69, 9.17) is 4.74 Å². The minimum absolute atomic E-state index is 0.0744. The minimum atomic E-state index is -0.596. The zero-order valence-electron chi connectivity index (χ0n) is 17.2. The van der Waals surface area contributed by atoms with Crippen LogP contribution in [0.1, 0.15) is 25.2 Å². The molecule has 0 atom stereocenters. The van der Waals surface area contributed by atoms with E-state index in [-0.39, 0.29) is 17.5 Å². The molecule has 6 nitrogen and oxygen atoms in total. The highest BCUT2D eigenvalue weighted by atomic mass is 19.1.